The molecule has 4 nitrogen and oxygen atoms in total. The number of fused-ring (bicyclic) bond motifs is 2. The van der Waals surface area contributed by atoms with Gasteiger partial charge in [0.1, 0.15) is 5.82 Å². The number of hydrogen-bond acceptors (Lipinski definition) is 3. The smallest absolute Gasteiger partial charge is 0.218 e. The van der Waals surface area contributed by atoms with Gasteiger partial charge in [-0.15, -0.1) is 0 Å². The fourth-order valence-electron chi connectivity index (χ4n) is 3.44. The second-order valence-corrected chi connectivity index (χ2v) is 8.19. The molecule has 2 unspecified atom stereocenters. The fraction of sp³-hybridized carbons (Fsp3) is 0.600. The van der Waals surface area contributed by atoms with Crippen LogP contribution in [0.3, 0.4) is 0 Å². The quantitative estimate of drug-likeness (QED) is 0.923. The summed E-state index contributed by atoms with van der Waals surface area (Å²) in [6.07, 6.45) is 4.06. The number of halogens is 1. The Morgan fingerprint density at radius 3 is 2.33 bits per heavy atom. The fourth-order valence-corrected chi connectivity index (χ4v) is 4.89. The van der Waals surface area contributed by atoms with Crippen molar-refractivity contribution < 1.29 is 12.8 Å². The molecule has 0 radical (unpaired) electrons. The van der Waals surface area contributed by atoms with Gasteiger partial charge in [0.05, 0.1) is 5.75 Å². The molecular formula is C15H21FN2O2S. The lowest BCUT2D eigenvalue weighted by Crippen LogP contribution is -2.48. The lowest BCUT2D eigenvalue weighted by Gasteiger charge is -2.34. The molecule has 1 aromatic carbocycles. The molecule has 2 aliphatic rings. The van der Waals surface area contributed by atoms with E-state index in [1.54, 1.807) is 7.05 Å². The second-order valence-electron chi connectivity index (χ2n) is 6.16. The van der Waals surface area contributed by atoms with Gasteiger partial charge < -0.3 is 5.32 Å². The van der Waals surface area contributed by atoms with E-state index in [4.69, 9.17) is 0 Å². The Morgan fingerprint density at radius 2 is 1.76 bits per heavy atom. The summed E-state index contributed by atoms with van der Waals surface area (Å²) in [6.45, 7) is 0. The summed E-state index contributed by atoms with van der Waals surface area (Å²) in [5.74, 6) is -0.414. The van der Waals surface area contributed by atoms with Crippen LogP contribution in [0, 0.1) is 5.82 Å². The number of rotatable bonds is 4. The van der Waals surface area contributed by atoms with Gasteiger partial charge in [-0.2, -0.15) is 0 Å². The highest BCUT2D eigenvalue weighted by Gasteiger charge is 2.38. The van der Waals surface area contributed by atoms with Crippen LogP contribution in [0.15, 0.2) is 24.3 Å². The maximum Gasteiger partial charge on any atom is 0.218 e. The number of benzene rings is 1. The third-order valence-corrected chi connectivity index (χ3v) is 6.54. The van der Waals surface area contributed by atoms with Crippen LogP contribution in [0.25, 0.3) is 0 Å². The van der Waals surface area contributed by atoms with E-state index in [1.807, 2.05) is 0 Å². The molecule has 2 saturated heterocycles. The Bertz CT molecular complexity index is 591. The molecule has 2 aliphatic heterocycles. The summed E-state index contributed by atoms with van der Waals surface area (Å²) < 4.78 is 39.5. The van der Waals surface area contributed by atoms with Gasteiger partial charge in [-0.1, -0.05) is 12.1 Å². The summed E-state index contributed by atoms with van der Waals surface area (Å²) in [5.41, 5.74) is 0.625. The van der Waals surface area contributed by atoms with Crippen molar-refractivity contribution in [1.82, 2.24) is 9.62 Å². The third-order valence-electron chi connectivity index (χ3n) is 4.66. The van der Waals surface area contributed by atoms with Crippen LogP contribution in [0.4, 0.5) is 4.39 Å². The van der Waals surface area contributed by atoms with Crippen molar-refractivity contribution in [2.45, 2.75) is 49.6 Å². The Balaban J connectivity index is 1.70. The predicted octanol–water partition coefficient (Wildman–Crippen LogP) is 1.87. The Morgan fingerprint density at radius 1 is 1.19 bits per heavy atom. The number of piperidine rings is 1. The molecule has 0 saturated carbocycles. The summed E-state index contributed by atoms with van der Waals surface area (Å²) in [6, 6.07) is 6.66. The summed E-state index contributed by atoms with van der Waals surface area (Å²) >= 11 is 0. The zero-order valence-corrected chi connectivity index (χ0v) is 12.9. The van der Waals surface area contributed by atoms with Gasteiger partial charge in [-0.3, -0.25) is 0 Å². The zero-order valence-electron chi connectivity index (χ0n) is 12.1. The average Bonchev–Trinajstić information content (AvgIpc) is 2.79. The first-order chi connectivity index (χ1) is 9.94. The maximum absolute atomic E-state index is 12.9. The largest absolute Gasteiger partial charge is 0.311 e. The van der Waals surface area contributed by atoms with Crippen molar-refractivity contribution >= 4 is 10.0 Å². The second kappa shape index (κ2) is 5.66. The minimum Gasteiger partial charge on any atom is -0.311 e. The van der Waals surface area contributed by atoms with Crippen LogP contribution in [-0.2, 0) is 15.8 Å². The standard InChI is InChI=1S/C15H21FN2O2S/c1-18(15-8-13-6-7-14(9-15)17-13)21(19,20)10-11-2-4-12(16)5-3-11/h2-5,13-15,17H,6-10H2,1H3. The summed E-state index contributed by atoms with van der Waals surface area (Å²) in [5, 5.41) is 3.52. The highest BCUT2D eigenvalue weighted by atomic mass is 32.2. The SMILES string of the molecule is CN(C1CC2CCC(C1)N2)S(=O)(=O)Cc1ccc(F)cc1. The van der Waals surface area contributed by atoms with E-state index in [2.05, 4.69) is 5.32 Å². The molecule has 116 valence electrons. The van der Waals surface area contributed by atoms with E-state index < -0.39 is 10.0 Å². The van der Waals surface area contributed by atoms with Crippen molar-refractivity contribution in [3.05, 3.63) is 35.6 Å². The molecule has 2 atom stereocenters. The molecule has 2 heterocycles. The highest BCUT2D eigenvalue weighted by Crippen LogP contribution is 2.30. The lowest BCUT2D eigenvalue weighted by atomic mass is 10.0. The van der Waals surface area contributed by atoms with E-state index in [0.29, 0.717) is 17.6 Å². The van der Waals surface area contributed by atoms with Crippen LogP contribution in [-0.4, -0.2) is 37.9 Å². The van der Waals surface area contributed by atoms with Gasteiger partial charge in [0, 0.05) is 25.2 Å². The van der Waals surface area contributed by atoms with E-state index in [9.17, 15) is 12.8 Å². The maximum atomic E-state index is 12.9. The van der Waals surface area contributed by atoms with Crippen molar-refractivity contribution in [2.75, 3.05) is 7.05 Å². The first-order valence-electron chi connectivity index (χ1n) is 7.40. The summed E-state index contributed by atoms with van der Waals surface area (Å²) in [7, 11) is -1.69. The molecule has 0 aliphatic carbocycles. The van der Waals surface area contributed by atoms with Crippen LogP contribution < -0.4 is 5.32 Å². The molecule has 1 N–H and O–H groups in total. The van der Waals surface area contributed by atoms with Crippen molar-refractivity contribution in [3.63, 3.8) is 0 Å². The van der Waals surface area contributed by atoms with Crippen molar-refractivity contribution in [1.29, 1.82) is 0 Å². The van der Waals surface area contributed by atoms with E-state index in [1.165, 1.54) is 28.6 Å². The van der Waals surface area contributed by atoms with Crippen molar-refractivity contribution in [2.24, 2.45) is 0 Å². The van der Waals surface area contributed by atoms with Gasteiger partial charge in [-0.25, -0.2) is 17.1 Å². The molecule has 21 heavy (non-hydrogen) atoms. The van der Waals surface area contributed by atoms with Gasteiger partial charge in [0.2, 0.25) is 10.0 Å². The van der Waals surface area contributed by atoms with Gasteiger partial charge in [0.15, 0.2) is 0 Å². The van der Waals surface area contributed by atoms with Crippen LogP contribution in [0.2, 0.25) is 0 Å². The first kappa shape index (κ1) is 14.9. The molecule has 3 rings (SSSR count). The lowest BCUT2D eigenvalue weighted by molar-refractivity contribution is 0.251. The molecule has 2 fully saturated rings. The van der Waals surface area contributed by atoms with Crippen LogP contribution >= 0.6 is 0 Å². The van der Waals surface area contributed by atoms with Crippen LogP contribution in [0.5, 0.6) is 0 Å². The number of hydrogen-bond donors (Lipinski definition) is 1. The monoisotopic (exact) mass is 312 g/mol. The zero-order chi connectivity index (χ0) is 15.0. The molecule has 0 amide bonds. The molecule has 6 heteroatoms. The number of nitrogens with zero attached hydrogens (tertiary/aromatic N) is 1. The number of sulfonamides is 1. The number of nitrogens with one attached hydrogen (secondary N) is 1. The molecule has 0 spiro atoms. The van der Waals surface area contributed by atoms with Crippen LogP contribution in [0.1, 0.15) is 31.2 Å². The topological polar surface area (TPSA) is 49.4 Å². The third kappa shape index (κ3) is 3.27. The molecule has 0 aromatic heterocycles. The van der Waals surface area contributed by atoms with Gasteiger partial charge in [0.25, 0.3) is 0 Å². The van der Waals surface area contributed by atoms with Gasteiger partial charge >= 0.3 is 0 Å². The normalized spacial score (nSPS) is 29.0. The average molecular weight is 312 g/mol. The molecular weight excluding hydrogens is 291 g/mol. The Kier molecular flexibility index (Phi) is 4.03. The van der Waals surface area contributed by atoms with E-state index in [-0.39, 0.29) is 17.6 Å². The highest BCUT2D eigenvalue weighted by molar-refractivity contribution is 7.88. The Labute approximate surface area is 125 Å². The van der Waals surface area contributed by atoms with Crippen molar-refractivity contribution in [3.8, 4) is 0 Å². The summed E-state index contributed by atoms with van der Waals surface area (Å²) in [4.78, 5) is 0. The van der Waals surface area contributed by atoms with E-state index >= 15 is 0 Å². The Hall–Kier alpha value is -0.980. The first-order valence-corrected chi connectivity index (χ1v) is 9.01. The minimum atomic E-state index is -3.36. The molecule has 1 aromatic rings. The van der Waals surface area contributed by atoms with Gasteiger partial charge in [-0.05, 0) is 43.4 Å². The minimum absolute atomic E-state index is 0.0664. The predicted molar refractivity (Wildman–Crippen MR) is 79.8 cm³/mol. The molecule has 2 bridgehead atoms. The van der Waals surface area contributed by atoms with E-state index in [0.717, 1.165) is 25.7 Å².